The van der Waals surface area contributed by atoms with E-state index in [4.69, 9.17) is 0 Å². The van der Waals surface area contributed by atoms with E-state index < -0.39 is 5.54 Å². The predicted octanol–water partition coefficient (Wildman–Crippen LogP) is 2.75. The molecule has 126 valence electrons. The molecule has 3 amide bonds. The normalized spacial score (nSPS) is 16.7. The van der Waals surface area contributed by atoms with Gasteiger partial charge in [-0.2, -0.15) is 0 Å². The molecule has 0 spiro atoms. The minimum absolute atomic E-state index is 0.167. The summed E-state index contributed by atoms with van der Waals surface area (Å²) in [5.74, 6) is 0.602. The number of amides is 3. The number of hydrogen-bond acceptors (Lipinski definition) is 5. The summed E-state index contributed by atoms with van der Waals surface area (Å²) in [6.45, 7) is 5.80. The Hall–Kier alpha value is -2.15. The monoisotopic (exact) mass is 344 g/mol. The average Bonchev–Trinajstić information content (AvgIpc) is 2.72. The molecular formula is C17H20N4O2S. The van der Waals surface area contributed by atoms with Crippen molar-refractivity contribution < 1.29 is 9.59 Å². The molecule has 0 unspecified atom stereocenters. The largest absolute Gasteiger partial charge is 0.325 e. The van der Waals surface area contributed by atoms with Gasteiger partial charge in [0.05, 0.1) is 16.7 Å². The first kappa shape index (κ1) is 16.7. The highest BCUT2D eigenvalue weighted by atomic mass is 32.2. The summed E-state index contributed by atoms with van der Waals surface area (Å²) in [6.07, 6.45) is 0.716. The van der Waals surface area contributed by atoms with Gasteiger partial charge in [0.25, 0.3) is 5.91 Å². The fourth-order valence-corrected chi connectivity index (χ4v) is 3.51. The molecule has 1 aliphatic rings. The maximum Gasteiger partial charge on any atom is 0.325 e. The SMILES string of the molecule is Cc1nc2ccccc2nc1SCCCN1C(=O)NC(C)(C)C1=O. The molecule has 0 aliphatic carbocycles. The van der Waals surface area contributed by atoms with Gasteiger partial charge in [0, 0.05) is 12.3 Å². The van der Waals surface area contributed by atoms with Crippen LogP contribution in [-0.2, 0) is 4.79 Å². The second kappa shape index (κ2) is 6.39. The number of nitrogens with zero attached hydrogens (tertiary/aromatic N) is 3. The molecular weight excluding hydrogens is 324 g/mol. The van der Waals surface area contributed by atoms with Crippen LogP contribution in [0.2, 0.25) is 0 Å². The Balaban J connectivity index is 1.58. The first-order valence-corrected chi connectivity index (χ1v) is 8.87. The third kappa shape index (κ3) is 3.21. The molecule has 24 heavy (non-hydrogen) atoms. The van der Waals surface area contributed by atoms with E-state index >= 15 is 0 Å². The number of rotatable bonds is 5. The van der Waals surface area contributed by atoms with E-state index in [1.165, 1.54) is 4.90 Å². The number of para-hydroxylation sites is 2. The number of urea groups is 1. The van der Waals surface area contributed by atoms with Crippen molar-refractivity contribution in [1.82, 2.24) is 20.2 Å². The van der Waals surface area contributed by atoms with Gasteiger partial charge in [-0.05, 0) is 39.3 Å². The van der Waals surface area contributed by atoms with Gasteiger partial charge in [-0.3, -0.25) is 9.69 Å². The second-order valence-electron chi connectivity index (χ2n) is 6.32. The van der Waals surface area contributed by atoms with E-state index in [9.17, 15) is 9.59 Å². The number of aromatic nitrogens is 2. The first-order chi connectivity index (χ1) is 11.4. The molecule has 0 bridgehead atoms. The molecule has 0 atom stereocenters. The minimum atomic E-state index is -0.801. The molecule has 1 aromatic carbocycles. The minimum Gasteiger partial charge on any atom is -0.324 e. The smallest absolute Gasteiger partial charge is 0.324 e. The Morgan fingerprint density at radius 3 is 2.46 bits per heavy atom. The zero-order valence-electron chi connectivity index (χ0n) is 14.0. The molecule has 1 aliphatic heterocycles. The number of hydrogen-bond donors (Lipinski definition) is 1. The lowest BCUT2D eigenvalue weighted by Crippen LogP contribution is -2.40. The molecule has 1 fully saturated rings. The van der Waals surface area contributed by atoms with E-state index in [1.54, 1.807) is 25.6 Å². The van der Waals surface area contributed by atoms with Gasteiger partial charge in [0.2, 0.25) is 0 Å². The summed E-state index contributed by atoms with van der Waals surface area (Å²) in [7, 11) is 0. The zero-order valence-corrected chi connectivity index (χ0v) is 14.8. The van der Waals surface area contributed by atoms with Crippen LogP contribution in [0.1, 0.15) is 26.0 Å². The van der Waals surface area contributed by atoms with Gasteiger partial charge in [-0.25, -0.2) is 14.8 Å². The van der Waals surface area contributed by atoms with Crippen molar-refractivity contribution in [1.29, 1.82) is 0 Å². The summed E-state index contributed by atoms with van der Waals surface area (Å²) in [4.78, 5) is 34.4. The number of carbonyl (C=O) groups is 2. The Kier molecular flexibility index (Phi) is 4.45. The second-order valence-corrected chi connectivity index (χ2v) is 7.40. The van der Waals surface area contributed by atoms with Gasteiger partial charge in [0.15, 0.2) is 0 Å². The molecule has 6 nitrogen and oxygen atoms in total. The van der Waals surface area contributed by atoms with Crippen LogP contribution >= 0.6 is 11.8 Å². The van der Waals surface area contributed by atoms with E-state index in [-0.39, 0.29) is 11.9 Å². The number of aryl methyl sites for hydroxylation is 1. The fourth-order valence-electron chi connectivity index (χ4n) is 2.62. The van der Waals surface area contributed by atoms with Crippen LogP contribution in [0.4, 0.5) is 4.79 Å². The molecule has 7 heteroatoms. The van der Waals surface area contributed by atoms with Crippen LogP contribution in [0, 0.1) is 6.92 Å². The van der Waals surface area contributed by atoms with Crippen LogP contribution < -0.4 is 5.32 Å². The van der Waals surface area contributed by atoms with E-state index in [1.807, 2.05) is 31.2 Å². The average molecular weight is 344 g/mol. The van der Waals surface area contributed by atoms with Crippen LogP contribution in [0.15, 0.2) is 29.3 Å². The molecule has 0 saturated carbocycles. The van der Waals surface area contributed by atoms with Crippen molar-refractivity contribution in [3.8, 4) is 0 Å². The lowest BCUT2D eigenvalue weighted by atomic mass is 10.1. The number of benzene rings is 1. The highest BCUT2D eigenvalue weighted by Crippen LogP contribution is 2.23. The molecule has 2 heterocycles. The number of fused-ring (bicyclic) bond motifs is 1. The van der Waals surface area contributed by atoms with Crippen LogP contribution in [0.25, 0.3) is 11.0 Å². The van der Waals surface area contributed by atoms with E-state index in [0.29, 0.717) is 13.0 Å². The maximum absolute atomic E-state index is 12.1. The van der Waals surface area contributed by atoms with Crippen molar-refractivity contribution in [3.05, 3.63) is 30.0 Å². The molecule has 0 radical (unpaired) electrons. The van der Waals surface area contributed by atoms with Crippen molar-refractivity contribution >= 4 is 34.7 Å². The number of thioether (sulfide) groups is 1. The van der Waals surface area contributed by atoms with Gasteiger partial charge in [0.1, 0.15) is 10.6 Å². The number of nitrogens with one attached hydrogen (secondary N) is 1. The Morgan fingerprint density at radius 2 is 1.83 bits per heavy atom. The van der Waals surface area contributed by atoms with Crippen LogP contribution in [0.5, 0.6) is 0 Å². The summed E-state index contributed by atoms with van der Waals surface area (Å²) in [6, 6.07) is 7.48. The van der Waals surface area contributed by atoms with Gasteiger partial charge in [-0.15, -0.1) is 11.8 Å². The van der Waals surface area contributed by atoms with Gasteiger partial charge >= 0.3 is 6.03 Å². The van der Waals surface area contributed by atoms with Gasteiger partial charge < -0.3 is 5.32 Å². The predicted molar refractivity (Wildman–Crippen MR) is 93.9 cm³/mol. The van der Waals surface area contributed by atoms with Crippen molar-refractivity contribution in [2.45, 2.75) is 37.8 Å². The highest BCUT2D eigenvalue weighted by molar-refractivity contribution is 7.99. The molecule has 2 aromatic rings. The van der Waals surface area contributed by atoms with E-state index in [2.05, 4.69) is 15.3 Å². The molecule has 1 aromatic heterocycles. The summed E-state index contributed by atoms with van der Waals surface area (Å²) < 4.78 is 0. The van der Waals surface area contributed by atoms with Crippen molar-refractivity contribution in [2.24, 2.45) is 0 Å². The Morgan fingerprint density at radius 1 is 1.17 bits per heavy atom. The molecule has 1 N–H and O–H groups in total. The van der Waals surface area contributed by atoms with Gasteiger partial charge in [-0.1, -0.05) is 12.1 Å². The fraction of sp³-hybridized carbons (Fsp3) is 0.412. The number of carbonyl (C=O) groups excluding carboxylic acids is 2. The molecule has 1 saturated heterocycles. The van der Waals surface area contributed by atoms with Crippen molar-refractivity contribution in [2.75, 3.05) is 12.3 Å². The third-order valence-electron chi connectivity index (χ3n) is 3.91. The lowest BCUT2D eigenvalue weighted by Gasteiger charge is -2.15. The molecule has 3 rings (SSSR count). The summed E-state index contributed by atoms with van der Waals surface area (Å²) in [5, 5.41) is 3.58. The van der Waals surface area contributed by atoms with E-state index in [0.717, 1.165) is 27.5 Å². The lowest BCUT2D eigenvalue weighted by molar-refractivity contribution is -0.130. The summed E-state index contributed by atoms with van der Waals surface area (Å²) in [5.41, 5.74) is 1.86. The third-order valence-corrected chi connectivity index (χ3v) is 5.06. The van der Waals surface area contributed by atoms with Crippen molar-refractivity contribution in [3.63, 3.8) is 0 Å². The topological polar surface area (TPSA) is 75.2 Å². The van der Waals surface area contributed by atoms with Crippen LogP contribution in [0.3, 0.4) is 0 Å². The Bertz CT molecular complexity index is 806. The number of imide groups is 1. The summed E-state index contributed by atoms with van der Waals surface area (Å²) >= 11 is 1.60. The zero-order chi connectivity index (χ0) is 17.3. The quantitative estimate of drug-likeness (QED) is 0.513. The highest BCUT2D eigenvalue weighted by Gasteiger charge is 2.43. The van der Waals surface area contributed by atoms with Crippen LogP contribution in [-0.4, -0.2) is 44.6 Å². The first-order valence-electron chi connectivity index (χ1n) is 7.89. The standard InChI is InChI=1S/C17H20N4O2S/c1-11-14(19-13-8-5-4-7-12(13)18-11)24-10-6-9-21-15(22)17(2,3)20-16(21)23/h4-5,7-8H,6,9-10H2,1-3H3,(H,20,23). The Labute approximate surface area is 145 Å². The maximum atomic E-state index is 12.1.